The van der Waals surface area contributed by atoms with Crippen molar-refractivity contribution in [2.75, 3.05) is 13.2 Å². The molecule has 0 fully saturated rings. The van der Waals surface area contributed by atoms with E-state index in [0.29, 0.717) is 5.75 Å². The minimum absolute atomic E-state index is 0.0158. The first kappa shape index (κ1) is 16.5. The third-order valence-corrected chi connectivity index (χ3v) is 2.26. The number of nitrogens with two attached hydrogens (primary N) is 1. The molecule has 0 aliphatic heterocycles. The number of hydrogen-bond donors (Lipinski definition) is 2. The van der Waals surface area contributed by atoms with E-state index in [1.54, 1.807) is 0 Å². The first-order chi connectivity index (χ1) is 9.88. The normalized spacial score (nSPS) is 10.0. The number of hydrogen-bond acceptors (Lipinski definition) is 5. The number of carbonyl (C=O) groups is 3. The molecule has 0 aliphatic rings. The first-order valence-corrected chi connectivity index (χ1v) is 6.36. The molecule has 0 radical (unpaired) electrons. The van der Waals surface area contributed by atoms with Crippen LogP contribution in [-0.2, 0) is 14.3 Å². The lowest BCUT2D eigenvalue weighted by atomic mass is 10.2. The fourth-order valence-corrected chi connectivity index (χ4v) is 1.42. The summed E-state index contributed by atoms with van der Waals surface area (Å²) in [6.07, 6.45) is 0. The summed E-state index contributed by atoms with van der Waals surface area (Å²) >= 11 is 0. The van der Waals surface area contributed by atoms with Crippen molar-refractivity contribution >= 4 is 17.8 Å². The van der Waals surface area contributed by atoms with E-state index >= 15 is 0 Å². The largest absolute Gasteiger partial charge is 0.484 e. The van der Waals surface area contributed by atoms with Crippen LogP contribution in [0.4, 0.5) is 0 Å². The highest BCUT2D eigenvalue weighted by atomic mass is 16.5. The molecule has 0 aliphatic carbocycles. The van der Waals surface area contributed by atoms with Crippen molar-refractivity contribution in [1.82, 2.24) is 5.32 Å². The highest BCUT2D eigenvalue weighted by Crippen LogP contribution is 2.12. The average molecular weight is 294 g/mol. The fourth-order valence-electron chi connectivity index (χ4n) is 1.42. The van der Waals surface area contributed by atoms with E-state index in [1.165, 1.54) is 24.3 Å². The number of esters is 1. The Morgan fingerprint density at radius 1 is 1.14 bits per heavy atom. The van der Waals surface area contributed by atoms with Gasteiger partial charge in [0.1, 0.15) is 5.75 Å². The topological polar surface area (TPSA) is 108 Å². The van der Waals surface area contributed by atoms with Gasteiger partial charge in [-0.25, -0.2) is 4.79 Å². The van der Waals surface area contributed by atoms with Gasteiger partial charge in [-0.2, -0.15) is 0 Å². The summed E-state index contributed by atoms with van der Waals surface area (Å²) in [5, 5.41) is 2.61. The maximum Gasteiger partial charge on any atom is 0.338 e. The van der Waals surface area contributed by atoms with E-state index < -0.39 is 11.9 Å². The van der Waals surface area contributed by atoms with Crippen LogP contribution in [-0.4, -0.2) is 37.0 Å². The lowest BCUT2D eigenvalue weighted by Crippen LogP contribution is -2.33. The second-order valence-corrected chi connectivity index (χ2v) is 4.58. The molecule has 0 bridgehead atoms. The molecular formula is C14H18N2O5. The van der Waals surface area contributed by atoms with Crippen molar-refractivity contribution in [3.63, 3.8) is 0 Å². The molecule has 2 amide bonds. The standard InChI is InChI=1S/C14H18N2O5/c1-9(2)16-13(18)8-21-14(19)10-3-5-11(6-4-10)20-7-12(15)17/h3-6,9H,7-8H2,1-2H3,(H2,15,17)(H,16,18). The van der Waals surface area contributed by atoms with Crippen LogP contribution in [0.25, 0.3) is 0 Å². The lowest BCUT2D eigenvalue weighted by Gasteiger charge is -2.09. The molecule has 0 heterocycles. The molecule has 1 aromatic rings. The number of amides is 2. The van der Waals surface area contributed by atoms with E-state index in [4.69, 9.17) is 15.2 Å². The minimum atomic E-state index is -0.615. The average Bonchev–Trinajstić information content (AvgIpc) is 2.42. The Kier molecular flexibility index (Phi) is 6.19. The number of carbonyl (C=O) groups excluding carboxylic acids is 3. The van der Waals surface area contributed by atoms with E-state index in [9.17, 15) is 14.4 Å². The zero-order valence-corrected chi connectivity index (χ0v) is 11.9. The van der Waals surface area contributed by atoms with Gasteiger partial charge < -0.3 is 20.5 Å². The molecule has 21 heavy (non-hydrogen) atoms. The molecule has 0 saturated carbocycles. The molecule has 7 nitrogen and oxygen atoms in total. The third kappa shape index (κ3) is 6.42. The number of benzene rings is 1. The summed E-state index contributed by atoms with van der Waals surface area (Å²) in [7, 11) is 0. The number of primary amides is 1. The predicted octanol–water partition coefficient (Wildman–Crippen LogP) is 0.232. The molecular weight excluding hydrogens is 276 g/mol. The molecule has 114 valence electrons. The summed E-state index contributed by atoms with van der Waals surface area (Å²) in [6, 6.07) is 5.94. The summed E-state index contributed by atoms with van der Waals surface area (Å²) in [5.74, 6) is -1.16. The van der Waals surface area contributed by atoms with Crippen LogP contribution in [0.15, 0.2) is 24.3 Å². The molecule has 0 unspecified atom stereocenters. The molecule has 3 N–H and O–H groups in total. The van der Waals surface area contributed by atoms with Gasteiger partial charge in [0.25, 0.3) is 11.8 Å². The van der Waals surface area contributed by atoms with E-state index in [-0.39, 0.29) is 30.7 Å². The molecule has 0 spiro atoms. The zero-order valence-electron chi connectivity index (χ0n) is 11.9. The molecule has 1 aromatic carbocycles. The van der Waals surface area contributed by atoms with E-state index in [1.807, 2.05) is 13.8 Å². The van der Waals surface area contributed by atoms with Gasteiger partial charge in [0.15, 0.2) is 13.2 Å². The van der Waals surface area contributed by atoms with Crippen molar-refractivity contribution in [2.24, 2.45) is 5.73 Å². The summed E-state index contributed by atoms with van der Waals surface area (Å²) in [4.78, 5) is 33.6. The minimum Gasteiger partial charge on any atom is -0.484 e. The van der Waals surface area contributed by atoms with Crippen molar-refractivity contribution in [1.29, 1.82) is 0 Å². The molecule has 1 rings (SSSR count). The van der Waals surface area contributed by atoms with Crippen molar-refractivity contribution in [3.8, 4) is 5.75 Å². The van der Waals surface area contributed by atoms with Crippen molar-refractivity contribution in [2.45, 2.75) is 19.9 Å². The zero-order chi connectivity index (χ0) is 15.8. The van der Waals surface area contributed by atoms with Crippen LogP contribution < -0.4 is 15.8 Å². The number of nitrogens with one attached hydrogen (secondary N) is 1. The van der Waals surface area contributed by atoms with Gasteiger partial charge in [-0.05, 0) is 38.1 Å². The van der Waals surface area contributed by atoms with Gasteiger partial charge in [-0.1, -0.05) is 0 Å². The highest BCUT2D eigenvalue weighted by molar-refractivity contribution is 5.91. The van der Waals surface area contributed by atoms with Gasteiger partial charge in [0.05, 0.1) is 5.56 Å². The van der Waals surface area contributed by atoms with Gasteiger partial charge in [-0.3, -0.25) is 9.59 Å². The second kappa shape index (κ2) is 7.88. The number of ether oxygens (including phenoxy) is 2. The van der Waals surface area contributed by atoms with Crippen LogP contribution >= 0.6 is 0 Å². The van der Waals surface area contributed by atoms with Crippen LogP contribution in [0.1, 0.15) is 24.2 Å². The Morgan fingerprint density at radius 3 is 2.29 bits per heavy atom. The molecule has 0 aromatic heterocycles. The highest BCUT2D eigenvalue weighted by Gasteiger charge is 2.11. The van der Waals surface area contributed by atoms with Crippen LogP contribution in [0.2, 0.25) is 0 Å². The van der Waals surface area contributed by atoms with Crippen LogP contribution in [0.3, 0.4) is 0 Å². The van der Waals surface area contributed by atoms with E-state index in [2.05, 4.69) is 5.32 Å². The molecule has 7 heteroatoms. The SMILES string of the molecule is CC(C)NC(=O)COC(=O)c1ccc(OCC(N)=O)cc1. The fraction of sp³-hybridized carbons (Fsp3) is 0.357. The summed E-state index contributed by atoms with van der Waals surface area (Å²) in [6.45, 7) is 3.05. The van der Waals surface area contributed by atoms with Crippen LogP contribution in [0, 0.1) is 0 Å². The Hall–Kier alpha value is -2.57. The summed E-state index contributed by atoms with van der Waals surface area (Å²) < 4.78 is 9.92. The quantitative estimate of drug-likeness (QED) is 0.700. The molecule has 0 atom stereocenters. The Bertz CT molecular complexity index is 511. The van der Waals surface area contributed by atoms with Crippen molar-refractivity contribution < 1.29 is 23.9 Å². The van der Waals surface area contributed by atoms with Gasteiger partial charge in [-0.15, -0.1) is 0 Å². The Morgan fingerprint density at radius 2 is 1.76 bits per heavy atom. The Labute approximate surface area is 122 Å². The van der Waals surface area contributed by atoms with Gasteiger partial charge in [0.2, 0.25) is 0 Å². The predicted molar refractivity (Wildman–Crippen MR) is 74.7 cm³/mol. The van der Waals surface area contributed by atoms with Gasteiger partial charge >= 0.3 is 5.97 Å². The maximum atomic E-state index is 11.7. The smallest absolute Gasteiger partial charge is 0.338 e. The number of rotatable bonds is 7. The van der Waals surface area contributed by atoms with E-state index in [0.717, 1.165) is 0 Å². The Balaban J connectivity index is 2.47. The lowest BCUT2D eigenvalue weighted by molar-refractivity contribution is -0.124. The monoisotopic (exact) mass is 294 g/mol. The maximum absolute atomic E-state index is 11.7. The second-order valence-electron chi connectivity index (χ2n) is 4.58. The first-order valence-electron chi connectivity index (χ1n) is 6.36. The third-order valence-electron chi connectivity index (χ3n) is 2.26. The van der Waals surface area contributed by atoms with Gasteiger partial charge in [0, 0.05) is 6.04 Å². The summed E-state index contributed by atoms with van der Waals surface area (Å²) in [5.41, 5.74) is 5.22. The van der Waals surface area contributed by atoms with Crippen LogP contribution in [0.5, 0.6) is 5.75 Å². The van der Waals surface area contributed by atoms with Crippen molar-refractivity contribution in [3.05, 3.63) is 29.8 Å². The molecule has 0 saturated heterocycles.